The van der Waals surface area contributed by atoms with Crippen LogP contribution in [0.25, 0.3) is 0 Å². The summed E-state index contributed by atoms with van der Waals surface area (Å²) >= 11 is 0. The molecule has 1 aromatic carbocycles. The number of aryl methyl sites for hydroxylation is 1. The van der Waals surface area contributed by atoms with Crippen molar-refractivity contribution in [1.82, 2.24) is 5.16 Å². The largest absolute Gasteiger partial charge is 0.452 e. The van der Waals surface area contributed by atoms with Crippen molar-refractivity contribution in [1.29, 1.82) is 0 Å². The van der Waals surface area contributed by atoms with Crippen LogP contribution in [0.5, 0.6) is 0 Å². The number of ether oxygens (including phenoxy) is 1. The van der Waals surface area contributed by atoms with Gasteiger partial charge in [-0.15, -0.1) is 0 Å². The van der Waals surface area contributed by atoms with Gasteiger partial charge < -0.3 is 14.6 Å². The number of carbonyl (C=O) groups excluding carboxylic acids is 4. The first-order chi connectivity index (χ1) is 15.3. The number of anilines is 2. The summed E-state index contributed by atoms with van der Waals surface area (Å²) in [5, 5.41) is 6.08. The highest BCUT2D eigenvalue weighted by molar-refractivity contribution is 6.23. The number of hydrogen-bond acceptors (Lipinski definition) is 7. The predicted molar refractivity (Wildman–Crippen MR) is 111 cm³/mol. The van der Waals surface area contributed by atoms with Crippen LogP contribution in [0.2, 0.25) is 0 Å². The predicted octanol–water partition coefficient (Wildman–Crippen LogP) is 2.48. The van der Waals surface area contributed by atoms with Crippen molar-refractivity contribution in [2.45, 2.75) is 20.3 Å². The van der Waals surface area contributed by atoms with E-state index in [9.17, 15) is 19.2 Å². The molecule has 9 nitrogen and oxygen atoms in total. The number of benzene rings is 1. The summed E-state index contributed by atoms with van der Waals surface area (Å²) in [6, 6.07) is 7.59. The third-order valence-corrected chi connectivity index (χ3v) is 6.47. The molecule has 164 valence electrons. The van der Waals surface area contributed by atoms with Crippen molar-refractivity contribution in [2.75, 3.05) is 16.8 Å². The molecular weight excluding hydrogens is 414 g/mol. The van der Waals surface area contributed by atoms with Gasteiger partial charge in [-0.1, -0.05) is 16.8 Å². The summed E-state index contributed by atoms with van der Waals surface area (Å²) in [7, 11) is 0. The van der Waals surface area contributed by atoms with Gasteiger partial charge in [0.2, 0.25) is 11.8 Å². The van der Waals surface area contributed by atoms with E-state index in [4.69, 9.17) is 9.26 Å². The van der Waals surface area contributed by atoms with Crippen LogP contribution in [-0.2, 0) is 19.1 Å². The van der Waals surface area contributed by atoms with Crippen LogP contribution < -0.4 is 10.2 Å². The Morgan fingerprint density at radius 2 is 1.88 bits per heavy atom. The number of hydrogen-bond donors (Lipinski definition) is 1. The van der Waals surface area contributed by atoms with Gasteiger partial charge in [-0.2, -0.15) is 0 Å². The summed E-state index contributed by atoms with van der Waals surface area (Å²) in [6.07, 6.45) is 3.00. The van der Waals surface area contributed by atoms with Crippen molar-refractivity contribution in [3.63, 3.8) is 0 Å². The minimum atomic E-state index is -0.697. The zero-order chi connectivity index (χ0) is 22.6. The number of nitrogens with one attached hydrogen (secondary N) is 1. The summed E-state index contributed by atoms with van der Waals surface area (Å²) in [5.74, 6) is -1.12. The van der Waals surface area contributed by atoms with E-state index in [1.54, 1.807) is 19.1 Å². The second-order valence-electron chi connectivity index (χ2n) is 8.47. The third-order valence-electron chi connectivity index (χ3n) is 6.47. The standard InChI is InChI=1S/C23H21N3O6/c1-11-7-14-9-16(11)20-19(14)21(28)26(22(20)29)15-5-3-13(4-6-15)23(30)31-10-18(27)24-17-8-12(2)32-25-17/h3-8,14,16,19-20H,9-10H2,1-2H3,(H,24,25,27)/t14-,16+,19+,20+/m0/s1. The number of carbonyl (C=O) groups is 4. The minimum absolute atomic E-state index is 0.132. The van der Waals surface area contributed by atoms with Gasteiger partial charge in [0.25, 0.3) is 5.91 Å². The number of amides is 3. The van der Waals surface area contributed by atoms with Gasteiger partial charge in [0.05, 0.1) is 23.1 Å². The Morgan fingerprint density at radius 1 is 1.16 bits per heavy atom. The molecule has 1 aromatic heterocycles. The first-order valence-corrected chi connectivity index (χ1v) is 10.4. The molecule has 1 aliphatic heterocycles. The van der Waals surface area contributed by atoms with Gasteiger partial charge in [0.1, 0.15) is 5.76 Å². The molecule has 0 unspecified atom stereocenters. The van der Waals surface area contributed by atoms with Crippen LogP contribution in [0.4, 0.5) is 11.5 Å². The monoisotopic (exact) mass is 435 g/mol. The number of rotatable bonds is 5. The summed E-state index contributed by atoms with van der Waals surface area (Å²) in [6.45, 7) is 3.22. The molecule has 1 saturated carbocycles. The minimum Gasteiger partial charge on any atom is -0.452 e. The number of fused-ring (bicyclic) bond motifs is 5. The summed E-state index contributed by atoms with van der Waals surface area (Å²) in [5.41, 5.74) is 1.83. The second-order valence-corrected chi connectivity index (χ2v) is 8.47. The molecule has 2 aliphatic carbocycles. The molecule has 1 N–H and O–H groups in total. The Labute approximate surface area is 183 Å². The Bertz CT molecular complexity index is 1160. The smallest absolute Gasteiger partial charge is 0.338 e. The highest BCUT2D eigenvalue weighted by Gasteiger charge is 2.60. The average molecular weight is 435 g/mol. The Kier molecular flexibility index (Phi) is 4.69. The topological polar surface area (TPSA) is 119 Å². The van der Waals surface area contributed by atoms with Gasteiger partial charge >= 0.3 is 5.97 Å². The molecular formula is C23H21N3O6. The maximum atomic E-state index is 13.0. The molecule has 2 heterocycles. The fourth-order valence-corrected chi connectivity index (χ4v) is 5.09. The molecule has 2 fully saturated rings. The SMILES string of the molecule is CC1=C[C@H]2C[C@H]1[C@H]1C(=O)N(c3ccc(C(=O)OCC(=O)Nc4cc(C)on4)cc3)C(=O)[C@@H]12. The first kappa shape index (κ1) is 20.2. The molecule has 2 bridgehead atoms. The third kappa shape index (κ3) is 3.21. The van der Waals surface area contributed by atoms with Crippen molar-refractivity contribution in [2.24, 2.45) is 23.7 Å². The van der Waals surface area contributed by atoms with Crippen molar-refractivity contribution in [3.8, 4) is 0 Å². The Morgan fingerprint density at radius 3 is 2.56 bits per heavy atom. The molecule has 4 atom stereocenters. The van der Waals surface area contributed by atoms with E-state index in [2.05, 4.69) is 16.5 Å². The highest BCUT2D eigenvalue weighted by Crippen LogP contribution is 2.55. The van der Waals surface area contributed by atoms with E-state index < -0.39 is 18.5 Å². The van der Waals surface area contributed by atoms with Crippen molar-refractivity contribution in [3.05, 3.63) is 53.3 Å². The number of aromatic nitrogens is 1. The van der Waals surface area contributed by atoms with Crippen molar-refractivity contribution >= 4 is 35.2 Å². The van der Waals surface area contributed by atoms with E-state index in [0.717, 1.165) is 6.42 Å². The van der Waals surface area contributed by atoms with E-state index in [1.807, 2.05) is 6.92 Å². The molecule has 0 spiro atoms. The van der Waals surface area contributed by atoms with Gasteiger partial charge in [-0.3, -0.25) is 19.3 Å². The van der Waals surface area contributed by atoms with E-state index in [0.29, 0.717) is 11.4 Å². The fourth-order valence-electron chi connectivity index (χ4n) is 5.09. The summed E-state index contributed by atoms with van der Waals surface area (Å²) in [4.78, 5) is 51.4. The van der Waals surface area contributed by atoms with E-state index >= 15 is 0 Å². The molecule has 3 aliphatic rings. The van der Waals surface area contributed by atoms with E-state index in [-0.39, 0.29) is 46.9 Å². The summed E-state index contributed by atoms with van der Waals surface area (Å²) < 4.78 is 9.87. The van der Waals surface area contributed by atoms with E-state index in [1.165, 1.54) is 28.7 Å². The molecule has 9 heteroatoms. The lowest BCUT2D eigenvalue weighted by molar-refractivity contribution is -0.123. The van der Waals surface area contributed by atoms with Crippen LogP contribution in [0.3, 0.4) is 0 Å². The Hall–Kier alpha value is -3.75. The molecule has 1 saturated heterocycles. The van der Waals surface area contributed by atoms with Crippen LogP contribution in [-0.4, -0.2) is 35.5 Å². The first-order valence-electron chi connectivity index (χ1n) is 10.4. The average Bonchev–Trinajstić information content (AvgIpc) is 3.50. The number of esters is 1. The van der Waals surface area contributed by atoms with Crippen LogP contribution in [0.15, 0.2) is 46.5 Å². The lowest BCUT2D eigenvalue weighted by Gasteiger charge is -2.19. The fraction of sp³-hybridized carbons (Fsp3) is 0.348. The highest BCUT2D eigenvalue weighted by atomic mass is 16.5. The molecule has 32 heavy (non-hydrogen) atoms. The quantitative estimate of drug-likeness (QED) is 0.435. The van der Waals surface area contributed by atoms with Crippen LogP contribution >= 0.6 is 0 Å². The van der Waals surface area contributed by atoms with Crippen molar-refractivity contribution < 1.29 is 28.4 Å². The molecule has 0 radical (unpaired) electrons. The van der Waals surface area contributed by atoms with Gasteiger partial charge in [0, 0.05) is 6.07 Å². The number of imide groups is 1. The van der Waals surface area contributed by atoms with Gasteiger partial charge in [-0.05, 0) is 56.4 Å². The second kappa shape index (κ2) is 7.44. The van der Waals surface area contributed by atoms with Gasteiger partial charge in [0.15, 0.2) is 12.4 Å². The molecule has 3 amide bonds. The number of nitrogens with zero attached hydrogens (tertiary/aromatic N) is 2. The maximum absolute atomic E-state index is 13.0. The lowest BCUT2D eigenvalue weighted by atomic mass is 9.82. The zero-order valence-corrected chi connectivity index (χ0v) is 17.5. The van der Waals surface area contributed by atoms with Gasteiger partial charge in [-0.25, -0.2) is 4.79 Å². The number of allylic oxidation sites excluding steroid dienone is 2. The van der Waals surface area contributed by atoms with Crippen LogP contribution in [0.1, 0.15) is 29.5 Å². The normalized spacial score (nSPS) is 25.7. The zero-order valence-electron chi connectivity index (χ0n) is 17.5. The molecule has 2 aromatic rings. The molecule has 5 rings (SSSR count). The lowest BCUT2D eigenvalue weighted by Crippen LogP contribution is -2.33. The van der Waals surface area contributed by atoms with Crippen LogP contribution in [0, 0.1) is 30.6 Å². The Balaban J connectivity index is 1.22. The maximum Gasteiger partial charge on any atom is 0.338 e.